The smallest absolute Gasteiger partial charge is 0.257 e. The second kappa shape index (κ2) is 6.06. The zero-order chi connectivity index (χ0) is 14.7. The Kier molecular flexibility index (Phi) is 3.98. The van der Waals surface area contributed by atoms with Gasteiger partial charge in [0.05, 0.1) is 0 Å². The third kappa shape index (κ3) is 3.29. The predicted molar refractivity (Wildman–Crippen MR) is 80.2 cm³/mol. The van der Waals surface area contributed by atoms with E-state index in [1.807, 2.05) is 24.3 Å². The van der Waals surface area contributed by atoms with Gasteiger partial charge in [0.2, 0.25) is 5.95 Å². The third-order valence-electron chi connectivity index (χ3n) is 2.56. The number of nitrogens with two attached hydrogens (primary N) is 1. The molecule has 9 heteroatoms. The quantitative estimate of drug-likeness (QED) is 0.734. The van der Waals surface area contributed by atoms with Crippen LogP contribution in [0, 0.1) is 0 Å². The van der Waals surface area contributed by atoms with Gasteiger partial charge in [-0.2, -0.15) is 24.7 Å². The molecule has 0 saturated heterocycles. The van der Waals surface area contributed by atoms with E-state index in [2.05, 4.69) is 25.0 Å². The van der Waals surface area contributed by atoms with Crippen LogP contribution in [0.15, 0.2) is 42.1 Å². The summed E-state index contributed by atoms with van der Waals surface area (Å²) in [5, 5.41) is 5.19. The van der Waals surface area contributed by atoms with Gasteiger partial charge in [-0.25, -0.2) is 4.98 Å². The number of anilines is 1. The average Bonchev–Trinajstić information content (AvgIpc) is 3.00. The molecule has 0 fully saturated rings. The van der Waals surface area contributed by atoms with Crippen molar-refractivity contribution in [2.24, 2.45) is 0 Å². The largest absolute Gasteiger partial charge is 0.368 e. The van der Waals surface area contributed by atoms with Crippen molar-refractivity contribution in [3.8, 4) is 5.95 Å². The van der Waals surface area contributed by atoms with Crippen molar-refractivity contribution in [3.05, 3.63) is 47.5 Å². The van der Waals surface area contributed by atoms with Crippen molar-refractivity contribution < 1.29 is 0 Å². The zero-order valence-electron chi connectivity index (χ0n) is 10.7. The molecule has 0 aliphatic carbocycles. The van der Waals surface area contributed by atoms with Gasteiger partial charge < -0.3 is 5.73 Å². The van der Waals surface area contributed by atoms with Crippen molar-refractivity contribution in [3.63, 3.8) is 0 Å². The maximum atomic E-state index is 6.12. The molecular formula is C12H10ClN7S. The Hall–Kier alpha value is -2.19. The maximum absolute atomic E-state index is 6.12. The summed E-state index contributed by atoms with van der Waals surface area (Å²) < 4.78 is 1.43. The van der Waals surface area contributed by atoms with Crippen LogP contribution in [-0.4, -0.2) is 29.7 Å². The fourth-order valence-electron chi connectivity index (χ4n) is 1.60. The number of hydrogen-bond acceptors (Lipinski definition) is 7. The van der Waals surface area contributed by atoms with Gasteiger partial charge in [0.1, 0.15) is 12.7 Å². The van der Waals surface area contributed by atoms with Crippen molar-refractivity contribution in [1.82, 2.24) is 29.7 Å². The lowest BCUT2D eigenvalue weighted by Crippen LogP contribution is -2.07. The molecule has 21 heavy (non-hydrogen) atoms. The number of benzene rings is 1. The molecule has 0 amide bonds. The predicted octanol–water partition coefficient (Wildman–Crippen LogP) is 1.98. The zero-order valence-corrected chi connectivity index (χ0v) is 12.3. The molecule has 0 aliphatic heterocycles. The molecule has 106 valence electrons. The molecule has 2 N–H and O–H groups in total. The number of hydrogen-bond donors (Lipinski definition) is 1. The fourth-order valence-corrected chi connectivity index (χ4v) is 2.72. The lowest BCUT2D eigenvalue weighted by molar-refractivity contribution is 0.763. The molecule has 0 saturated carbocycles. The number of rotatable bonds is 4. The summed E-state index contributed by atoms with van der Waals surface area (Å²) >= 11 is 7.55. The highest BCUT2D eigenvalue weighted by Crippen LogP contribution is 2.24. The van der Waals surface area contributed by atoms with Crippen LogP contribution >= 0.6 is 23.4 Å². The molecule has 2 heterocycles. The molecule has 0 aliphatic rings. The van der Waals surface area contributed by atoms with Gasteiger partial charge >= 0.3 is 0 Å². The first-order chi connectivity index (χ1) is 10.2. The second-order valence-electron chi connectivity index (χ2n) is 4.00. The number of halogens is 1. The van der Waals surface area contributed by atoms with E-state index >= 15 is 0 Å². The maximum Gasteiger partial charge on any atom is 0.257 e. The van der Waals surface area contributed by atoms with Crippen LogP contribution in [0.2, 0.25) is 5.02 Å². The van der Waals surface area contributed by atoms with E-state index in [0.29, 0.717) is 21.9 Å². The van der Waals surface area contributed by atoms with E-state index in [1.165, 1.54) is 29.1 Å². The van der Waals surface area contributed by atoms with Crippen LogP contribution < -0.4 is 5.73 Å². The van der Waals surface area contributed by atoms with Crippen LogP contribution in [0.4, 0.5) is 5.95 Å². The minimum Gasteiger partial charge on any atom is -0.368 e. The number of nitrogens with zero attached hydrogens (tertiary/aromatic N) is 6. The normalized spacial score (nSPS) is 10.7. The Balaban J connectivity index is 1.81. The van der Waals surface area contributed by atoms with Gasteiger partial charge in [-0.15, -0.1) is 0 Å². The van der Waals surface area contributed by atoms with Gasteiger partial charge in [-0.3, -0.25) is 0 Å². The molecule has 0 bridgehead atoms. The molecule has 0 spiro atoms. The third-order valence-corrected chi connectivity index (χ3v) is 3.82. The lowest BCUT2D eigenvalue weighted by atomic mass is 10.2. The van der Waals surface area contributed by atoms with E-state index in [9.17, 15) is 0 Å². The van der Waals surface area contributed by atoms with Crippen LogP contribution in [0.1, 0.15) is 5.56 Å². The molecule has 3 aromatic rings. The van der Waals surface area contributed by atoms with Crippen molar-refractivity contribution in [1.29, 1.82) is 0 Å². The van der Waals surface area contributed by atoms with E-state index in [4.69, 9.17) is 17.3 Å². The van der Waals surface area contributed by atoms with Gasteiger partial charge in [0.25, 0.3) is 5.95 Å². The first-order valence-corrected chi connectivity index (χ1v) is 7.31. The minimum absolute atomic E-state index is 0.136. The van der Waals surface area contributed by atoms with Gasteiger partial charge in [-0.05, 0) is 11.6 Å². The Morgan fingerprint density at radius 3 is 2.81 bits per heavy atom. The molecule has 0 radical (unpaired) electrons. The van der Waals surface area contributed by atoms with E-state index < -0.39 is 0 Å². The SMILES string of the molecule is Nc1nc(SCc2ccccc2Cl)nc(-n2cncn2)n1. The minimum atomic E-state index is 0.136. The number of nitrogen functional groups attached to an aromatic ring is 1. The summed E-state index contributed by atoms with van der Waals surface area (Å²) in [6.45, 7) is 0. The Labute approximate surface area is 129 Å². The fraction of sp³-hybridized carbons (Fsp3) is 0.0833. The van der Waals surface area contributed by atoms with Gasteiger partial charge in [0.15, 0.2) is 5.16 Å². The second-order valence-corrected chi connectivity index (χ2v) is 5.35. The van der Waals surface area contributed by atoms with E-state index in [0.717, 1.165) is 5.56 Å². The summed E-state index contributed by atoms with van der Waals surface area (Å²) in [5.74, 6) is 1.11. The molecule has 1 aromatic carbocycles. The first kappa shape index (κ1) is 13.8. The molecule has 3 rings (SSSR count). The van der Waals surface area contributed by atoms with Crippen molar-refractivity contribution in [2.75, 3.05) is 5.73 Å². The number of thioether (sulfide) groups is 1. The van der Waals surface area contributed by atoms with Crippen LogP contribution in [0.3, 0.4) is 0 Å². The molecule has 7 nitrogen and oxygen atoms in total. The van der Waals surface area contributed by atoms with Crippen LogP contribution in [-0.2, 0) is 5.75 Å². The van der Waals surface area contributed by atoms with Gasteiger partial charge in [0, 0.05) is 10.8 Å². The van der Waals surface area contributed by atoms with Crippen LogP contribution in [0.25, 0.3) is 5.95 Å². The summed E-state index contributed by atoms with van der Waals surface area (Å²) in [6, 6.07) is 7.63. The highest BCUT2D eigenvalue weighted by Gasteiger charge is 2.08. The monoisotopic (exact) mass is 319 g/mol. The summed E-state index contributed by atoms with van der Waals surface area (Å²) in [4.78, 5) is 16.3. The number of aromatic nitrogens is 6. The van der Waals surface area contributed by atoms with E-state index in [1.54, 1.807) is 0 Å². The summed E-state index contributed by atoms with van der Waals surface area (Å²) in [6.07, 6.45) is 2.90. The Morgan fingerprint density at radius 1 is 1.19 bits per heavy atom. The topological polar surface area (TPSA) is 95.4 Å². The van der Waals surface area contributed by atoms with E-state index in [-0.39, 0.29) is 5.95 Å². The Bertz CT molecular complexity index is 747. The standard InChI is InChI=1S/C12H10ClN7S/c13-9-4-2-1-3-8(9)5-21-12-18-10(14)17-11(19-12)20-7-15-6-16-20/h1-4,6-7H,5H2,(H2,14,17,18,19). The van der Waals surface area contributed by atoms with Gasteiger partial charge in [-0.1, -0.05) is 41.6 Å². The lowest BCUT2D eigenvalue weighted by Gasteiger charge is -2.05. The average molecular weight is 320 g/mol. The molecule has 2 aromatic heterocycles. The highest BCUT2D eigenvalue weighted by molar-refractivity contribution is 7.98. The molecule has 0 atom stereocenters. The Morgan fingerprint density at radius 2 is 2.05 bits per heavy atom. The van der Waals surface area contributed by atoms with Crippen molar-refractivity contribution >= 4 is 29.3 Å². The van der Waals surface area contributed by atoms with Crippen molar-refractivity contribution in [2.45, 2.75) is 10.9 Å². The summed E-state index contributed by atoms with van der Waals surface area (Å²) in [5.41, 5.74) is 6.71. The summed E-state index contributed by atoms with van der Waals surface area (Å²) in [7, 11) is 0. The highest BCUT2D eigenvalue weighted by atomic mass is 35.5. The first-order valence-electron chi connectivity index (χ1n) is 5.95. The molecule has 0 unspecified atom stereocenters. The van der Waals surface area contributed by atoms with Crippen LogP contribution in [0.5, 0.6) is 0 Å². The molecular weight excluding hydrogens is 310 g/mol.